The van der Waals surface area contributed by atoms with Crippen LogP contribution in [0.15, 0.2) is 48.5 Å². The van der Waals surface area contributed by atoms with Crippen LogP contribution in [0.1, 0.15) is 87.7 Å². The molecule has 250 valence electrons. The van der Waals surface area contributed by atoms with E-state index in [9.17, 15) is 19.2 Å². The fourth-order valence-electron chi connectivity index (χ4n) is 6.64. The number of fused-ring (bicyclic) bond motifs is 1. The first-order valence-electron chi connectivity index (χ1n) is 16.8. The Morgan fingerprint density at radius 3 is 1.26 bits per heavy atom. The number of ether oxygens (including phenoxy) is 2. The SMILES string of the molecule is CCCCOC(=O)[C@@H]1[C@@H](C(=O)NCC)N2[C@H](c3ccc(C)cc3)[C@H](C(=O)OCCCC)[C@H](C(=O)NCC)N2[C@@H]1c1ccc(C)cc1. The van der Waals surface area contributed by atoms with Crippen molar-refractivity contribution in [2.24, 2.45) is 11.8 Å². The number of aryl methyl sites for hydroxylation is 2. The van der Waals surface area contributed by atoms with E-state index in [0.29, 0.717) is 25.9 Å². The molecule has 0 bridgehead atoms. The Labute approximate surface area is 273 Å². The van der Waals surface area contributed by atoms with Crippen LogP contribution in [-0.2, 0) is 28.7 Å². The van der Waals surface area contributed by atoms with Crippen LogP contribution in [0.5, 0.6) is 0 Å². The number of nitrogens with one attached hydrogen (secondary N) is 2. The van der Waals surface area contributed by atoms with Crippen molar-refractivity contribution in [3.05, 3.63) is 70.8 Å². The number of carbonyl (C=O) groups is 4. The van der Waals surface area contributed by atoms with Gasteiger partial charge in [0.25, 0.3) is 0 Å². The van der Waals surface area contributed by atoms with Gasteiger partial charge in [0.15, 0.2) is 0 Å². The van der Waals surface area contributed by atoms with Gasteiger partial charge in [0.2, 0.25) is 11.8 Å². The first-order valence-corrected chi connectivity index (χ1v) is 16.8. The standard InChI is InChI=1S/C36H50N4O6/c1-7-11-21-45-35(43)27-29(25-17-13-23(5)14-18-25)39-32(34(42)38-10-4)28(36(44)46-22-12-8-2)30(26-19-15-24(6)16-20-26)40(39)31(27)33(41)37-9-3/h13-20,27-32H,7-12,21-22H2,1-6H3,(H,37,41)(H,38,42)/t27-,28-,29+,30+,31-,32+/m0/s1. The van der Waals surface area contributed by atoms with Crippen molar-refractivity contribution in [2.45, 2.75) is 91.4 Å². The van der Waals surface area contributed by atoms with Crippen LogP contribution >= 0.6 is 0 Å². The van der Waals surface area contributed by atoms with E-state index in [1.165, 1.54) is 0 Å². The molecule has 4 rings (SSSR count). The van der Waals surface area contributed by atoms with E-state index in [2.05, 4.69) is 10.6 Å². The summed E-state index contributed by atoms with van der Waals surface area (Å²) in [4.78, 5) is 56.7. The third kappa shape index (κ3) is 7.28. The first kappa shape index (κ1) is 35.1. The van der Waals surface area contributed by atoms with Gasteiger partial charge in [-0.25, -0.2) is 10.0 Å². The molecule has 2 aliphatic heterocycles. The highest BCUT2D eigenvalue weighted by Crippen LogP contribution is 2.55. The number of carbonyl (C=O) groups excluding carboxylic acids is 4. The lowest BCUT2D eigenvalue weighted by atomic mass is 9.81. The minimum absolute atomic E-state index is 0.224. The molecule has 0 aliphatic carbocycles. The lowest BCUT2D eigenvalue weighted by Crippen LogP contribution is -2.51. The number of benzene rings is 2. The van der Waals surface area contributed by atoms with Gasteiger partial charge < -0.3 is 20.1 Å². The molecule has 0 saturated carbocycles. The van der Waals surface area contributed by atoms with E-state index < -0.39 is 47.9 Å². The molecule has 10 heteroatoms. The minimum atomic E-state index is -1.06. The van der Waals surface area contributed by atoms with Crippen LogP contribution in [0.3, 0.4) is 0 Å². The third-order valence-corrected chi connectivity index (χ3v) is 8.87. The Hall–Kier alpha value is -3.76. The van der Waals surface area contributed by atoms with Crippen molar-refractivity contribution >= 4 is 23.8 Å². The number of esters is 2. The maximum atomic E-state index is 14.2. The summed E-state index contributed by atoms with van der Waals surface area (Å²) in [6.45, 7) is 12.8. The summed E-state index contributed by atoms with van der Waals surface area (Å²) in [6, 6.07) is 11.8. The first-order chi connectivity index (χ1) is 22.2. The molecule has 2 fully saturated rings. The van der Waals surface area contributed by atoms with E-state index in [1.807, 2.05) is 100 Å². The number of rotatable bonds is 14. The van der Waals surface area contributed by atoms with Gasteiger partial charge in [0.1, 0.15) is 23.9 Å². The molecule has 0 unspecified atom stereocenters. The minimum Gasteiger partial charge on any atom is -0.465 e. The van der Waals surface area contributed by atoms with Gasteiger partial charge >= 0.3 is 11.9 Å². The molecule has 2 aromatic carbocycles. The molecule has 0 spiro atoms. The van der Waals surface area contributed by atoms with Gasteiger partial charge in [-0.15, -0.1) is 0 Å². The molecule has 0 aromatic heterocycles. The van der Waals surface area contributed by atoms with Crippen molar-refractivity contribution in [3.8, 4) is 0 Å². The van der Waals surface area contributed by atoms with Crippen molar-refractivity contribution < 1.29 is 28.7 Å². The largest absolute Gasteiger partial charge is 0.465 e. The maximum Gasteiger partial charge on any atom is 0.313 e. The molecule has 2 amide bonds. The zero-order chi connectivity index (χ0) is 33.4. The lowest BCUT2D eigenvalue weighted by Gasteiger charge is -2.33. The summed E-state index contributed by atoms with van der Waals surface area (Å²) >= 11 is 0. The van der Waals surface area contributed by atoms with Crippen molar-refractivity contribution in [2.75, 3.05) is 26.3 Å². The van der Waals surface area contributed by atoms with Gasteiger partial charge in [0, 0.05) is 13.1 Å². The average molecular weight is 635 g/mol. The van der Waals surface area contributed by atoms with Gasteiger partial charge in [-0.2, -0.15) is 0 Å². The second-order valence-electron chi connectivity index (χ2n) is 12.2. The summed E-state index contributed by atoms with van der Waals surface area (Å²) in [5.41, 5.74) is 3.55. The summed E-state index contributed by atoms with van der Waals surface area (Å²) in [6.07, 6.45) is 3.06. The van der Waals surface area contributed by atoms with Crippen molar-refractivity contribution in [3.63, 3.8) is 0 Å². The highest BCUT2D eigenvalue weighted by molar-refractivity contribution is 5.93. The zero-order valence-electron chi connectivity index (χ0n) is 28.1. The average Bonchev–Trinajstić information content (AvgIpc) is 3.55. The summed E-state index contributed by atoms with van der Waals surface area (Å²) in [5.74, 6) is -3.72. The van der Waals surface area contributed by atoms with Crippen molar-refractivity contribution in [1.82, 2.24) is 20.7 Å². The molecule has 2 aromatic rings. The number of nitrogens with zero attached hydrogens (tertiary/aromatic N) is 2. The van der Waals surface area contributed by atoms with E-state index in [-0.39, 0.29) is 25.0 Å². The molecular weight excluding hydrogens is 584 g/mol. The Kier molecular flexibility index (Phi) is 12.3. The van der Waals surface area contributed by atoms with Crippen LogP contribution in [-0.4, -0.2) is 72.2 Å². The molecule has 10 nitrogen and oxygen atoms in total. The zero-order valence-corrected chi connectivity index (χ0v) is 28.1. The topological polar surface area (TPSA) is 117 Å². The smallest absolute Gasteiger partial charge is 0.313 e. The quantitative estimate of drug-likeness (QED) is 0.230. The van der Waals surface area contributed by atoms with Crippen LogP contribution in [0.4, 0.5) is 0 Å². The highest BCUT2D eigenvalue weighted by atomic mass is 16.5. The molecular formula is C36H50N4O6. The Bertz CT molecular complexity index is 1240. The number of amides is 2. The van der Waals surface area contributed by atoms with E-state index in [4.69, 9.17) is 9.47 Å². The van der Waals surface area contributed by atoms with Gasteiger partial charge in [-0.05, 0) is 51.7 Å². The third-order valence-electron chi connectivity index (χ3n) is 8.87. The molecule has 2 aliphatic rings. The van der Waals surface area contributed by atoms with Gasteiger partial charge in [-0.1, -0.05) is 86.3 Å². The number of unbranched alkanes of at least 4 members (excludes halogenated alkanes) is 2. The fourth-order valence-corrected chi connectivity index (χ4v) is 6.64. The van der Waals surface area contributed by atoms with E-state index in [0.717, 1.165) is 35.1 Å². The van der Waals surface area contributed by atoms with Crippen LogP contribution in [0.25, 0.3) is 0 Å². The monoisotopic (exact) mass is 634 g/mol. The molecule has 2 saturated heterocycles. The second kappa shape index (κ2) is 16.2. The summed E-state index contributed by atoms with van der Waals surface area (Å²) in [5, 5.41) is 9.51. The lowest BCUT2D eigenvalue weighted by molar-refractivity contribution is -0.155. The fraction of sp³-hybridized carbons (Fsp3) is 0.556. The Balaban J connectivity index is 2.00. The number of hydrogen-bond donors (Lipinski definition) is 2. The predicted molar refractivity (Wildman–Crippen MR) is 175 cm³/mol. The summed E-state index contributed by atoms with van der Waals surface area (Å²) < 4.78 is 11.7. The summed E-state index contributed by atoms with van der Waals surface area (Å²) in [7, 11) is 0. The second-order valence-corrected chi connectivity index (χ2v) is 12.2. The molecule has 2 heterocycles. The molecule has 46 heavy (non-hydrogen) atoms. The van der Waals surface area contributed by atoms with Gasteiger partial charge in [-0.3, -0.25) is 19.2 Å². The van der Waals surface area contributed by atoms with Crippen molar-refractivity contribution in [1.29, 1.82) is 0 Å². The number of hydrazine groups is 1. The Morgan fingerprint density at radius 2 is 0.957 bits per heavy atom. The van der Waals surface area contributed by atoms with Crippen LogP contribution in [0, 0.1) is 25.7 Å². The predicted octanol–water partition coefficient (Wildman–Crippen LogP) is 4.56. The molecule has 6 atom stereocenters. The normalized spacial score (nSPS) is 24.3. The maximum absolute atomic E-state index is 14.2. The Morgan fingerprint density at radius 1 is 0.609 bits per heavy atom. The van der Waals surface area contributed by atoms with E-state index >= 15 is 0 Å². The molecule has 2 N–H and O–H groups in total. The number of hydrogen-bond acceptors (Lipinski definition) is 8. The highest BCUT2D eigenvalue weighted by Gasteiger charge is 2.68. The van der Waals surface area contributed by atoms with E-state index in [1.54, 1.807) is 0 Å². The van der Waals surface area contributed by atoms with Gasteiger partial charge in [0.05, 0.1) is 25.3 Å². The van der Waals surface area contributed by atoms with Crippen LogP contribution < -0.4 is 10.6 Å². The van der Waals surface area contributed by atoms with Crippen LogP contribution in [0.2, 0.25) is 0 Å². The number of likely N-dealkylation sites (N-methyl/N-ethyl adjacent to an activating group) is 2. The molecule has 0 radical (unpaired) electrons.